The number of hydrogen-bond acceptors (Lipinski definition) is 2. The molecule has 0 unspecified atom stereocenters. The third kappa shape index (κ3) is 2.88. The van der Waals surface area contributed by atoms with Gasteiger partial charge in [-0.15, -0.1) is 0 Å². The highest BCUT2D eigenvalue weighted by Gasteiger charge is 2.24. The maximum absolute atomic E-state index is 13.3. The standard InChI is InChI=1S/C11H12F4O2/c1-6-7(12)9(14)11(10(15)8(6)13)17-5-3-4-16-2/h3-5H2,1-2H3. The summed E-state index contributed by atoms with van der Waals surface area (Å²) < 4.78 is 62.2. The second-order valence-electron chi connectivity index (χ2n) is 3.40. The van der Waals surface area contributed by atoms with Crippen LogP contribution in [0.2, 0.25) is 0 Å². The Morgan fingerprint density at radius 1 is 0.882 bits per heavy atom. The number of ether oxygens (including phenoxy) is 2. The third-order valence-corrected chi connectivity index (χ3v) is 2.18. The van der Waals surface area contributed by atoms with Crippen molar-refractivity contribution in [2.45, 2.75) is 13.3 Å². The van der Waals surface area contributed by atoms with Crippen molar-refractivity contribution < 1.29 is 27.0 Å². The molecule has 2 nitrogen and oxygen atoms in total. The lowest BCUT2D eigenvalue weighted by Gasteiger charge is -2.11. The Morgan fingerprint density at radius 2 is 1.41 bits per heavy atom. The average molecular weight is 252 g/mol. The zero-order valence-electron chi connectivity index (χ0n) is 9.45. The highest BCUT2D eigenvalue weighted by Crippen LogP contribution is 2.29. The molecule has 0 N–H and O–H groups in total. The Balaban J connectivity index is 2.92. The first-order valence-corrected chi connectivity index (χ1v) is 4.95. The zero-order chi connectivity index (χ0) is 13.0. The van der Waals surface area contributed by atoms with E-state index in [1.807, 2.05) is 0 Å². The lowest BCUT2D eigenvalue weighted by Crippen LogP contribution is -2.08. The molecule has 0 bridgehead atoms. The summed E-state index contributed by atoms with van der Waals surface area (Å²) >= 11 is 0. The van der Waals surface area contributed by atoms with Gasteiger partial charge >= 0.3 is 0 Å². The molecule has 0 spiro atoms. The van der Waals surface area contributed by atoms with Gasteiger partial charge < -0.3 is 9.47 Å². The van der Waals surface area contributed by atoms with E-state index < -0.39 is 34.6 Å². The number of benzene rings is 1. The van der Waals surface area contributed by atoms with E-state index in [2.05, 4.69) is 4.74 Å². The van der Waals surface area contributed by atoms with Gasteiger partial charge in [0.05, 0.1) is 6.61 Å². The van der Waals surface area contributed by atoms with Crippen LogP contribution in [0.5, 0.6) is 5.75 Å². The number of halogens is 4. The normalized spacial score (nSPS) is 10.7. The van der Waals surface area contributed by atoms with E-state index in [1.54, 1.807) is 0 Å². The maximum Gasteiger partial charge on any atom is 0.204 e. The Labute approximate surface area is 96.1 Å². The van der Waals surface area contributed by atoms with E-state index in [0.717, 1.165) is 6.92 Å². The zero-order valence-corrected chi connectivity index (χ0v) is 9.45. The van der Waals surface area contributed by atoms with Crippen molar-refractivity contribution in [2.75, 3.05) is 20.3 Å². The summed E-state index contributed by atoms with van der Waals surface area (Å²) in [5.41, 5.74) is -0.704. The molecular weight excluding hydrogens is 240 g/mol. The SMILES string of the molecule is COCCCOc1c(F)c(F)c(C)c(F)c1F. The Hall–Kier alpha value is -1.30. The van der Waals surface area contributed by atoms with Crippen LogP contribution in [0.15, 0.2) is 0 Å². The smallest absolute Gasteiger partial charge is 0.204 e. The van der Waals surface area contributed by atoms with Gasteiger partial charge in [-0.05, 0) is 6.92 Å². The summed E-state index contributed by atoms with van der Waals surface area (Å²) in [5, 5.41) is 0. The van der Waals surface area contributed by atoms with Crippen molar-refractivity contribution in [1.82, 2.24) is 0 Å². The minimum atomic E-state index is -1.51. The molecule has 96 valence electrons. The van der Waals surface area contributed by atoms with Crippen LogP contribution in [-0.4, -0.2) is 20.3 Å². The van der Waals surface area contributed by atoms with Crippen molar-refractivity contribution >= 4 is 0 Å². The van der Waals surface area contributed by atoms with E-state index in [4.69, 9.17) is 4.74 Å². The van der Waals surface area contributed by atoms with Crippen LogP contribution in [0.25, 0.3) is 0 Å². The predicted molar refractivity (Wildman–Crippen MR) is 53.0 cm³/mol. The Bertz CT molecular complexity index is 378. The van der Waals surface area contributed by atoms with Crippen LogP contribution in [0.1, 0.15) is 12.0 Å². The molecule has 6 heteroatoms. The topological polar surface area (TPSA) is 18.5 Å². The van der Waals surface area contributed by atoms with Crippen LogP contribution in [0.3, 0.4) is 0 Å². The van der Waals surface area contributed by atoms with E-state index in [1.165, 1.54) is 7.11 Å². The molecule has 0 aliphatic rings. The largest absolute Gasteiger partial charge is 0.487 e. The molecule has 0 saturated heterocycles. The van der Waals surface area contributed by atoms with Gasteiger partial charge in [0.1, 0.15) is 0 Å². The summed E-state index contributed by atoms with van der Waals surface area (Å²) in [5.74, 6) is -6.93. The third-order valence-electron chi connectivity index (χ3n) is 2.18. The summed E-state index contributed by atoms with van der Waals surface area (Å²) in [6.45, 7) is 1.18. The quantitative estimate of drug-likeness (QED) is 0.455. The molecule has 0 fully saturated rings. The molecular formula is C11H12F4O2. The molecule has 0 saturated carbocycles. The monoisotopic (exact) mass is 252 g/mol. The summed E-state index contributed by atoms with van der Waals surface area (Å²) in [7, 11) is 1.45. The molecule has 1 rings (SSSR count). The first kappa shape index (κ1) is 13.8. The highest BCUT2D eigenvalue weighted by molar-refractivity contribution is 5.33. The Morgan fingerprint density at radius 3 is 1.88 bits per heavy atom. The van der Waals surface area contributed by atoms with Gasteiger partial charge in [0, 0.05) is 25.7 Å². The highest BCUT2D eigenvalue weighted by atomic mass is 19.2. The molecule has 0 radical (unpaired) electrons. The summed E-state index contributed by atoms with van der Waals surface area (Å²) in [6, 6.07) is 0. The van der Waals surface area contributed by atoms with Gasteiger partial charge in [0.25, 0.3) is 0 Å². The fourth-order valence-electron chi connectivity index (χ4n) is 1.23. The van der Waals surface area contributed by atoms with Crippen LogP contribution < -0.4 is 4.74 Å². The fourth-order valence-corrected chi connectivity index (χ4v) is 1.23. The molecule has 1 aromatic carbocycles. The van der Waals surface area contributed by atoms with Crippen molar-refractivity contribution in [2.24, 2.45) is 0 Å². The first-order valence-electron chi connectivity index (χ1n) is 4.95. The molecule has 0 heterocycles. The fraction of sp³-hybridized carbons (Fsp3) is 0.455. The number of hydrogen-bond donors (Lipinski definition) is 0. The molecule has 0 amide bonds. The van der Waals surface area contributed by atoms with E-state index in [0.29, 0.717) is 13.0 Å². The first-order chi connectivity index (χ1) is 8.00. The van der Waals surface area contributed by atoms with E-state index in [9.17, 15) is 17.6 Å². The van der Waals surface area contributed by atoms with Gasteiger partial charge in [-0.3, -0.25) is 0 Å². The van der Waals surface area contributed by atoms with Gasteiger partial charge in [-0.1, -0.05) is 0 Å². The summed E-state index contributed by atoms with van der Waals surface area (Å²) in [6.07, 6.45) is 0.354. The van der Waals surface area contributed by atoms with Crippen molar-refractivity contribution in [1.29, 1.82) is 0 Å². The second-order valence-corrected chi connectivity index (χ2v) is 3.40. The van der Waals surface area contributed by atoms with Gasteiger partial charge in [0.15, 0.2) is 17.4 Å². The van der Waals surface area contributed by atoms with Gasteiger partial charge in [-0.2, -0.15) is 8.78 Å². The van der Waals surface area contributed by atoms with E-state index in [-0.39, 0.29) is 6.61 Å². The molecule has 1 aromatic rings. The molecule has 0 aliphatic heterocycles. The molecule has 0 aromatic heterocycles. The average Bonchev–Trinajstić information content (AvgIpc) is 2.33. The minimum absolute atomic E-state index is 0.0936. The van der Waals surface area contributed by atoms with E-state index >= 15 is 0 Å². The number of methoxy groups -OCH3 is 1. The van der Waals surface area contributed by atoms with Crippen molar-refractivity contribution in [3.8, 4) is 5.75 Å². The van der Waals surface area contributed by atoms with Crippen LogP contribution >= 0.6 is 0 Å². The molecule has 17 heavy (non-hydrogen) atoms. The number of rotatable bonds is 5. The minimum Gasteiger partial charge on any atom is -0.487 e. The van der Waals surface area contributed by atoms with Gasteiger partial charge in [-0.25, -0.2) is 8.78 Å². The van der Waals surface area contributed by atoms with Crippen LogP contribution in [-0.2, 0) is 4.74 Å². The van der Waals surface area contributed by atoms with Crippen molar-refractivity contribution in [3.05, 3.63) is 28.8 Å². The lowest BCUT2D eigenvalue weighted by molar-refractivity contribution is 0.167. The predicted octanol–water partition coefficient (Wildman–Crippen LogP) is 2.97. The summed E-state index contributed by atoms with van der Waals surface area (Å²) in [4.78, 5) is 0. The second kappa shape index (κ2) is 5.86. The maximum atomic E-state index is 13.3. The van der Waals surface area contributed by atoms with Crippen LogP contribution in [0, 0.1) is 30.2 Å². The van der Waals surface area contributed by atoms with Gasteiger partial charge in [0.2, 0.25) is 11.6 Å². The molecule has 0 aliphatic carbocycles. The Kier molecular flexibility index (Phi) is 4.74. The molecule has 0 atom stereocenters. The van der Waals surface area contributed by atoms with Crippen LogP contribution in [0.4, 0.5) is 17.6 Å². The lowest BCUT2D eigenvalue weighted by atomic mass is 10.2. The van der Waals surface area contributed by atoms with Crippen molar-refractivity contribution in [3.63, 3.8) is 0 Å².